The Morgan fingerprint density at radius 3 is 2.73 bits per heavy atom. The van der Waals surface area contributed by atoms with Crippen LogP contribution in [0.5, 0.6) is 0 Å². The van der Waals surface area contributed by atoms with E-state index in [0.29, 0.717) is 37.5 Å². The van der Waals surface area contributed by atoms with Gasteiger partial charge < -0.3 is 14.7 Å². The average Bonchev–Trinajstić information content (AvgIpc) is 2.92. The van der Waals surface area contributed by atoms with Crippen LogP contribution in [0.1, 0.15) is 37.6 Å². The van der Waals surface area contributed by atoms with E-state index in [-0.39, 0.29) is 30.0 Å². The highest BCUT2D eigenvalue weighted by molar-refractivity contribution is 5.78. The SMILES string of the molecule is CCOC1CC(O)C12CCN(C(=O)Cc1nonc1C)CC2. The molecule has 2 unspecified atom stereocenters. The zero-order valence-corrected chi connectivity index (χ0v) is 13.1. The first-order valence-electron chi connectivity index (χ1n) is 7.92. The fraction of sp³-hybridized carbons (Fsp3) is 0.800. The molecule has 1 aliphatic carbocycles. The van der Waals surface area contributed by atoms with Crippen LogP contribution in [-0.2, 0) is 16.0 Å². The Morgan fingerprint density at radius 2 is 2.18 bits per heavy atom. The quantitative estimate of drug-likeness (QED) is 0.880. The lowest BCUT2D eigenvalue weighted by molar-refractivity contribution is -0.210. The van der Waals surface area contributed by atoms with Gasteiger partial charge in [-0.3, -0.25) is 4.79 Å². The number of carbonyl (C=O) groups is 1. The first kappa shape index (κ1) is 15.4. The van der Waals surface area contributed by atoms with Crippen molar-refractivity contribution < 1.29 is 19.3 Å². The van der Waals surface area contributed by atoms with E-state index in [1.54, 1.807) is 6.92 Å². The van der Waals surface area contributed by atoms with Gasteiger partial charge in [-0.25, -0.2) is 4.63 Å². The van der Waals surface area contributed by atoms with Gasteiger partial charge in [0, 0.05) is 31.5 Å². The Balaban J connectivity index is 1.57. The third-order valence-electron chi connectivity index (χ3n) is 5.22. The van der Waals surface area contributed by atoms with E-state index < -0.39 is 0 Å². The second-order valence-electron chi connectivity index (χ2n) is 6.28. The smallest absolute Gasteiger partial charge is 0.228 e. The van der Waals surface area contributed by atoms with Crippen LogP contribution in [-0.4, -0.2) is 58.1 Å². The molecule has 0 aromatic carbocycles. The van der Waals surface area contributed by atoms with Crippen molar-refractivity contribution in [2.45, 2.75) is 51.7 Å². The molecule has 1 aromatic rings. The number of carbonyl (C=O) groups excluding carboxylic acids is 1. The molecule has 1 spiro atoms. The summed E-state index contributed by atoms with van der Waals surface area (Å²) in [5.74, 6) is 0.0374. The van der Waals surface area contributed by atoms with Crippen LogP contribution in [0.4, 0.5) is 0 Å². The largest absolute Gasteiger partial charge is 0.392 e. The van der Waals surface area contributed by atoms with Gasteiger partial charge in [0.25, 0.3) is 0 Å². The molecule has 1 amide bonds. The van der Waals surface area contributed by atoms with Crippen molar-refractivity contribution >= 4 is 5.91 Å². The fourth-order valence-electron chi connectivity index (χ4n) is 3.65. The minimum absolute atomic E-state index is 0.0374. The number of rotatable bonds is 4. The van der Waals surface area contributed by atoms with Crippen LogP contribution in [0.25, 0.3) is 0 Å². The van der Waals surface area contributed by atoms with Crippen molar-refractivity contribution in [3.05, 3.63) is 11.4 Å². The molecule has 0 radical (unpaired) electrons. The maximum Gasteiger partial charge on any atom is 0.228 e. The molecule has 1 aromatic heterocycles. The molecule has 2 heterocycles. The number of likely N-dealkylation sites (tertiary alicyclic amines) is 1. The highest BCUT2D eigenvalue weighted by Gasteiger charge is 2.56. The number of aliphatic hydroxyl groups is 1. The Labute approximate surface area is 129 Å². The van der Waals surface area contributed by atoms with Crippen LogP contribution in [0.3, 0.4) is 0 Å². The summed E-state index contributed by atoms with van der Waals surface area (Å²) in [4.78, 5) is 14.2. The zero-order chi connectivity index (χ0) is 15.7. The molecular formula is C15H23N3O4. The maximum atomic E-state index is 12.3. The van der Waals surface area contributed by atoms with E-state index in [1.165, 1.54) is 0 Å². The number of aromatic nitrogens is 2. The number of aryl methyl sites for hydroxylation is 1. The number of amides is 1. The number of piperidine rings is 1. The van der Waals surface area contributed by atoms with Crippen molar-refractivity contribution in [1.29, 1.82) is 0 Å². The minimum atomic E-state index is -0.303. The molecular weight excluding hydrogens is 286 g/mol. The molecule has 22 heavy (non-hydrogen) atoms. The minimum Gasteiger partial charge on any atom is -0.392 e. The summed E-state index contributed by atoms with van der Waals surface area (Å²) in [5, 5.41) is 17.6. The predicted octanol–water partition coefficient (Wildman–Crippen LogP) is 0.699. The van der Waals surface area contributed by atoms with E-state index in [0.717, 1.165) is 12.8 Å². The molecule has 2 atom stereocenters. The zero-order valence-electron chi connectivity index (χ0n) is 13.1. The van der Waals surface area contributed by atoms with E-state index >= 15 is 0 Å². The third kappa shape index (κ3) is 2.52. The molecule has 2 aliphatic rings. The first-order chi connectivity index (χ1) is 10.6. The van der Waals surface area contributed by atoms with E-state index in [1.807, 2.05) is 11.8 Å². The summed E-state index contributed by atoms with van der Waals surface area (Å²) in [6.07, 6.45) is 2.35. The molecule has 122 valence electrons. The predicted molar refractivity (Wildman–Crippen MR) is 77.0 cm³/mol. The molecule has 7 nitrogen and oxygen atoms in total. The van der Waals surface area contributed by atoms with Crippen LogP contribution in [0, 0.1) is 12.3 Å². The molecule has 1 aliphatic heterocycles. The lowest BCUT2D eigenvalue weighted by Crippen LogP contribution is -2.62. The standard InChI is InChI=1S/C15H23N3O4/c1-3-21-13-9-12(19)15(13)4-6-18(7-5-15)14(20)8-11-10(2)16-22-17-11/h12-13,19H,3-9H2,1-2H3. The number of aliphatic hydroxyl groups excluding tert-OH is 1. The lowest BCUT2D eigenvalue weighted by atomic mass is 9.58. The van der Waals surface area contributed by atoms with Gasteiger partial charge >= 0.3 is 0 Å². The van der Waals surface area contributed by atoms with Gasteiger partial charge in [-0.05, 0) is 26.7 Å². The van der Waals surface area contributed by atoms with Gasteiger partial charge in [0.15, 0.2) is 0 Å². The van der Waals surface area contributed by atoms with E-state index in [9.17, 15) is 9.90 Å². The van der Waals surface area contributed by atoms with E-state index in [4.69, 9.17) is 4.74 Å². The molecule has 7 heteroatoms. The fourth-order valence-corrected chi connectivity index (χ4v) is 3.65. The van der Waals surface area contributed by atoms with Crippen LogP contribution in [0.15, 0.2) is 4.63 Å². The summed E-state index contributed by atoms with van der Waals surface area (Å²) >= 11 is 0. The highest BCUT2D eigenvalue weighted by Crippen LogP contribution is 2.50. The van der Waals surface area contributed by atoms with Crippen molar-refractivity contribution in [3.8, 4) is 0 Å². The van der Waals surface area contributed by atoms with Crippen molar-refractivity contribution in [2.75, 3.05) is 19.7 Å². The second-order valence-corrected chi connectivity index (χ2v) is 6.28. The normalized spacial score (nSPS) is 27.0. The van der Waals surface area contributed by atoms with E-state index in [2.05, 4.69) is 14.9 Å². The van der Waals surface area contributed by atoms with Gasteiger partial charge in [0.1, 0.15) is 11.4 Å². The average molecular weight is 309 g/mol. The first-order valence-corrected chi connectivity index (χ1v) is 7.92. The number of hydrogen-bond acceptors (Lipinski definition) is 6. The van der Waals surface area contributed by atoms with Crippen molar-refractivity contribution in [3.63, 3.8) is 0 Å². The van der Waals surface area contributed by atoms with Gasteiger partial charge in [-0.1, -0.05) is 10.3 Å². The topological polar surface area (TPSA) is 88.7 Å². The molecule has 1 N–H and O–H groups in total. The summed E-state index contributed by atoms with van der Waals surface area (Å²) in [6.45, 7) is 5.74. The highest BCUT2D eigenvalue weighted by atomic mass is 16.6. The summed E-state index contributed by atoms with van der Waals surface area (Å²) in [6, 6.07) is 0. The van der Waals surface area contributed by atoms with Gasteiger partial charge in [-0.15, -0.1) is 0 Å². The Hall–Kier alpha value is -1.47. The molecule has 2 fully saturated rings. The molecule has 1 saturated carbocycles. The molecule has 3 rings (SSSR count). The van der Waals surface area contributed by atoms with Crippen LogP contribution in [0.2, 0.25) is 0 Å². The number of ether oxygens (including phenoxy) is 1. The molecule has 0 bridgehead atoms. The Kier molecular flexibility index (Phi) is 4.18. The van der Waals surface area contributed by atoms with Gasteiger partial charge in [0.2, 0.25) is 5.91 Å². The maximum absolute atomic E-state index is 12.3. The Bertz CT molecular complexity index is 535. The second kappa shape index (κ2) is 5.96. The van der Waals surface area contributed by atoms with Crippen molar-refractivity contribution in [2.24, 2.45) is 5.41 Å². The summed E-state index contributed by atoms with van der Waals surface area (Å²) in [7, 11) is 0. The monoisotopic (exact) mass is 309 g/mol. The summed E-state index contributed by atoms with van der Waals surface area (Å²) in [5.41, 5.74) is 1.10. The lowest BCUT2D eigenvalue weighted by Gasteiger charge is -2.56. The van der Waals surface area contributed by atoms with Crippen LogP contribution >= 0.6 is 0 Å². The van der Waals surface area contributed by atoms with Crippen LogP contribution < -0.4 is 0 Å². The number of hydrogen-bond donors (Lipinski definition) is 1. The van der Waals surface area contributed by atoms with Gasteiger partial charge in [0.05, 0.1) is 18.6 Å². The van der Waals surface area contributed by atoms with Gasteiger partial charge in [-0.2, -0.15) is 0 Å². The summed E-state index contributed by atoms with van der Waals surface area (Å²) < 4.78 is 10.4. The Morgan fingerprint density at radius 1 is 1.45 bits per heavy atom. The molecule has 1 saturated heterocycles. The van der Waals surface area contributed by atoms with Crippen molar-refractivity contribution in [1.82, 2.24) is 15.2 Å². The third-order valence-corrected chi connectivity index (χ3v) is 5.22. The number of nitrogens with zero attached hydrogens (tertiary/aromatic N) is 3.